The van der Waals surface area contributed by atoms with Gasteiger partial charge in [0.05, 0.1) is 18.4 Å². The lowest BCUT2D eigenvalue weighted by Crippen LogP contribution is -2.35. The van der Waals surface area contributed by atoms with E-state index in [1.807, 2.05) is 0 Å². The van der Waals surface area contributed by atoms with Crippen molar-refractivity contribution >= 4 is 0 Å². The molecule has 3 rings (SSSR count). The Kier molecular flexibility index (Phi) is 2.51. The Hall–Kier alpha value is -0.830. The fourth-order valence-electron chi connectivity index (χ4n) is 2.62. The largest absolute Gasteiger partial charge is 0.295 e. The minimum absolute atomic E-state index is 0.602. The predicted molar refractivity (Wildman–Crippen MR) is 64.3 cm³/mol. The van der Waals surface area contributed by atoms with E-state index in [9.17, 15) is 0 Å². The highest BCUT2D eigenvalue weighted by molar-refractivity contribution is 5.22. The van der Waals surface area contributed by atoms with Gasteiger partial charge >= 0.3 is 0 Å². The molecule has 0 spiro atoms. The molecule has 2 aliphatic rings. The molecule has 16 heavy (non-hydrogen) atoms. The molecule has 0 unspecified atom stereocenters. The van der Waals surface area contributed by atoms with Gasteiger partial charge in [-0.2, -0.15) is 5.10 Å². The van der Waals surface area contributed by atoms with Gasteiger partial charge in [0.15, 0.2) is 0 Å². The number of hydrogen-bond donors (Lipinski definition) is 0. The van der Waals surface area contributed by atoms with Crippen LogP contribution in [0.4, 0.5) is 0 Å². The van der Waals surface area contributed by atoms with Crippen molar-refractivity contribution in [1.82, 2.24) is 14.7 Å². The highest BCUT2D eigenvalue weighted by Gasteiger charge is 2.27. The molecule has 1 aromatic rings. The maximum absolute atomic E-state index is 4.50. The first-order chi connectivity index (χ1) is 7.74. The molecular weight excluding hydrogens is 198 g/mol. The summed E-state index contributed by atoms with van der Waals surface area (Å²) in [4.78, 5) is 2.61. The van der Waals surface area contributed by atoms with Crippen LogP contribution in [0.25, 0.3) is 0 Å². The standard InChI is InChI=1S/C13H21N3/c1-10(2)12-7-14-16-6-5-15(9-13(12)16)8-11-3-4-11/h7,10-11H,3-6,8-9H2,1-2H3. The zero-order valence-electron chi connectivity index (χ0n) is 10.3. The Balaban J connectivity index is 1.77. The molecule has 3 heteroatoms. The minimum Gasteiger partial charge on any atom is -0.295 e. The Bertz CT molecular complexity index is 377. The molecule has 1 aliphatic carbocycles. The third kappa shape index (κ3) is 1.88. The van der Waals surface area contributed by atoms with Gasteiger partial charge in [0.25, 0.3) is 0 Å². The van der Waals surface area contributed by atoms with Crippen LogP contribution in [-0.2, 0) is 13.1 Å². The Morgan fingerprint density at radius 1 is 1.38 bits per heavy atom. The van der Waals surface area contributed by atoms with E-state index < -0.39 is 0 Å². The third-order valence-corrected chi connectivity index (χ3v) is 3.82. The summed E-state index contributed by atoms with van der Waals surface area (Å²) in [6, 6.07) is 0. The summed E-state index contributed by atoms with van der Waals surface area (Å²) in [6.45, 7) is 9.21. The van der Waals surface area contributed by atoms with Crippen LogP contribution in [0.5, 0.6) is 0 Å². The van der Waals surface area contributed by atoms with Crippen LogP contribution in [0.15, 0.2) is 6.20 Å². The molecule has 1 saturated carbocycles. The smallest absolute Gasteiger partial charge is 0.0559 e. The van der Waals surface area contributed by atoms with Crippen LogP contribution in [0.3, 0.4) is 0 Å². The molecule has 0 atom stereocenters. The monoisotopic (exact) mass is 219 g/mol. The highest BCUT2D eigenvalue weighted by Crippen LogP contribution is 2.31. The lowest BCUT2D eigenvalue weighted by molar-refractivity contribution is 0.204. The van der Waals surface area contributed by atoms with Crippen molar-refractivity contribution in [3.8, 4) is 0 Å². The van der Waals surface area contributed by atoms with Crippen LogP contribution >= 0.6 is 0 Å². The van der Waals surface area contributed by atoms with Gasteiger partial charge in [-0.1, -0.05) is 13.8 Å². The summed E-state index contributed by atoms with van der Waals surface area (Å²) in [5, 5.41) is 4.50. The molecule has 0 saturated heterocycles. The van der Waals surface area contributed by atoms with Crippen molar-refractivity contribution in [2.45, 2.75) is 45.7 Å². The topological polar surface area (TPSA) is 21.1 Å². The van der Waals surface area contributed by atoms with Crippen LogP contribution in [-0.4, -0.2) is 27.8 Å². The lowest BCUT2D eigenvalue weighted by Gasteiger charge is -2.28. The van der Waals surface area contributed by atoms with Gasteiger partial charge in [-0.15, -0.1) is 0 Å². The molecule has 0 aromatic carbocycles. The Labute approximate surface area is 97.4 Å². The van der Waals surface area contributed by atoms with E-state index in [4.69, 9.17) is 0 Å². The zero-order valence-corrected chi connectivity index (χ0v) is 10.3. The molecule has 0 amide bonds. The van der Waals surface area contributed by atoms with Crippen molar-refractivity contribution < 1.29 is 0 Å². The van der Waals surface area contributed by atoms with Crippen molar-refractivity contribution in [2.75, 3.05) is 13.1 Å². The first-order valence-corrected chi connectivity index (χ1v) is 6.51. The number of nitrogens with zero attached hydrogens (tertiary/aromatic N) is 3. The maximum Gasteiger partial charge on any atom is 0.0559 e. The maximum atomic E-state index is 4.50. The number of hydrogen-bond acceptors (Lipinski definition) is 2. The fourth-order valence-corrected chi connectivity index (χ4v) is 2.62. The SMILES string of the molecule is CC(C)c1cnn2c1CN(CC1CC1)CC2. The molecular formula is C13H21N3. The van der Waals surface area contributed by atoms with Gasteiger partial charge < -0.3 is 0 Å². The molecule has 0 N–H and O–H groups in total. The quantitative estimate of drug-likeness (QED) is 0.777. The summed E-state index contributed by atoms with van der Waals surface area (Å²) in [5.74, 6) is 1.60. The van der Waals surface area contributed by atoms with E-state index in [2.05, 4.69) is 34.7 Å². The Morgan fingerprint density at radius 3 is 2.88 bits per heavy atom. The molecule has 88 valence electrons. The summed E-state index contributed by atoms with van der Waals surface area (Å²) >= 11 is 0. The van der Waals surface area contributed by atoms with Gasteiger partial charge in [-0.3, -0.25) is 9.58 Å². The third-order valence-electron chi connectivity index (χ3n) is 3.82. The van der Waals surface area contributed by atoms with E-state index in [-0.39, 0.29) is 0 Å². The average molecular weight is 219 g/mol. The van der Waals surface area contributed by atoms with E-state index in [0.717, 1.165) is 19.0 Å². The zero-order chi connectivity index (χ0) is 11.1. The molecule has 0 radical (unpaired) electrons. The van der Waals surface area contributed by atoms with Gasteiger partial charge in [-0.05, 0) is 30.2 Å². The second kappa shape index (κ2) is 3.88. The molecule has 1 aromatic heterocycles. The normalized spacial score (nSPS) is 21.4. The van der Waals surface area contributed by atoms with E-state index >= 15 is 0 Å². The number of aromatic nitrogens is 2. The molecule has 3 nitrogen and oxygen atoms in total. The minimum atomic E-state index is 0.602. The van der Waals surface area contributed by atoms with Gasteiger partial charge in [-0.25, -0.2) is 0 Å². The predicted octanol–water partition coefficient (Wildman–Crippen LogP) is 2.23. The number of rotatable bonds is 3. The van der Waals surface area contributed by atoms with Crippen molar-refractivity contribution in [3.05, 3.63) is 17.5 Å². The van der Waals surface area contributed by atoms with Crippen molar-refractivity contribution in [3.63, 3.8) is 0 Å². The fraction of sp³-hybridized carbons (Fsp3) is 0.769. The van der Waals surface area contributed by atoms with Crippen molar-refractivity contribution in [1.29, 1.82) is 0 Å². The van der Waals surface area contributed by atoms with Crippen molar-refractivity contribution in [2.24, 2.45) is 5.92 Å². The van der Waals surface area contributed by atoms with Crippen LogP contribution in [0, 0.1) is 5.92 Å². The summed E-state index contributed by atoms with van der Waals surface area (Å²) < 4.78 is 2.21. The highest BCUT2D eigenvalue weighted by atomic mass is 15.3. The van der Waals surface area contributed by atoms with Crippen LogP contribution in [0.1, 0.15) is 43.9 Å². The Morgan fingerprint density at radius 2 is 2.19 bits per heavy atom. The second-order valence-corrected chi connectivity index (χ2v) is 5.60. The average Bonchev–Trinajstić information content (AvgIpc) is 2.96. The molecule has 2 heterocycles. The first kappa shape index (κ1) is 10.3. The molecule has 1 fully saturated rings. The molecule has 0 bridgehead atoms. The van der Waals surface area contributed by atoms with Gasteiger partial charge in [0, 0.05) is 19.6 Å². The van der Waals surface area contributed by atoms with E-state index in [1.165, 1.54) is 37.2 Å². The second-order valence-electron chi connectivity index (χ2n) is 5.60. The van der Waals surface area contributed by atoms with Crippen LogP contribution < -0.4 is 0 Å². The summed E-state index contributed by atoms with van der Waals surface area (Å²) in [6.07, 6.45) is 4.97. The lowest BCUT2D eigenvalue weighted by atomic mass is 10.0. The van der Waals surface area contributed by atoms with E-state index in [0.29, 0.717) is 5.92 Å². The summed E-state index contributed by atoms with van der Waals surface area (Å²) in [5.41, 5.74) is 2.90. The first-order valence-electron chi connectivity index (χ1n) is 6.51. The number of fused-ring (bicyclic) bond motifs is 1. The molecule has 1 aliphatic heterocycles. The van der Waals surface area contributed by atoms with Gasteiger partial charge in [0.2, 0.25) is 0 Å². The summed E-state index contributed by atoms with van der Waals surface area (Å²) in [7, 11) is 0. The van der Waals surface area contributed by atoms with Gasteiger partial charge in [0.1, 0.15) is 0 Å². The van der Waals surface area contributed by atoms with E-state index in [1.54, 1.807) is 0 Å². The van der Waals surface area contributed by atoms with Crippen LogP contribution in [0.2, 0.25) is 0 Å².